The monoisotopic (exact) mass is 444 g/mol. The van der Waals surface area contributed by atoms with Crippen molar-refractivity contribution in [2.24, 2.45) is 0 Å². The molecule has 3 aromatic rings. The topological polar surface area (TPSA) is 89.0 Å². The van der Waals surface area contributed by atoms with E-state index in [1.807, 2.05) is 19.1 Å². The number of para-hydroxylation sites is 1. The molecule has 0 radical (unpaired) electrons. The van der Waals surface area contributed by atoms with E-state index in [9.17, 15) is 14.7 Å². The van der Waals surface area contributed by atoms with Crippen molar-refractivity contribution in [1.29, 1.82) is 0 Å². The first-order chi connectivity index (χ1) is 16.0. The third-order valence-electron chi connectivity index (χ3n) is 5.72. The van der Waals surface area contributed by atoms with Crippen molar-refractivity contribution in [3.05, 3.63) is 94.8 Å². The van der Waals surface area contributed by atoms with Gasteiger partial charge in [-0.05, 0) is 48.4 Å². The number of aliphatic hydroxyl groups is 1. The van der Waals surface area contributed by atoms with Crippen LogP contribution >= 0.6 is 0 Å². The number of carbonyl (C=O) groups excluding carboxylic acids is 2. The number of pyridine rings is 1. The second-order valence-corrected chi connectivity index (χ2v) is 7.71. The lowest BCUT2D eigenvalue weighted by Gasteiger charge is -2.26. The van der Waals surface area contributed by atoms with Crippen LogP contribution in [0.25, 0.3) is 5.76 Å². The fraction of sp³-hybridized carbons (Fsp3) is 0.192. The summed E-state index contributed by atoms with van der Waals surface area (Å²) < 4.78 is 10.8. The Morgan fingerprint density at radius 1 is 1.03 bits per heavy atom. The maximum atomic E-state index is 13.2. The van der Waals surface area contributed by atoms with E-state index in [0.717, 1.165) is 11.1 Å². The average Bonchev–Trinajstić information content (AvgIpc) is 3.09. The number of nitrogens with zero attached hydrogens (tertiary/aromatic N) is 2. The molecule has 2 aromatic carbocycles. The number of ketones is 1. The number of aliphatic hydroxyl groups excluding tert-OH is 1. The third-order valence-corrected chi connectivity index (χ3v) is 5.72. The molecule has 4 rings (SSSR count). The van der Waals surface area contributed by atoms with E-state index in [2.05, 4.69) is 4.98 Å². The fourth-order valence-electron chi connectivity index (χ4n) is 4.13. The Morgan fingerprint density at radius 2 is 1.79 bits per heavy atom. The van der Waals surface area contributed by atoms with Gasteiger partial charge in [0.05, 0.1) is 25.8 Å². The molecule has 2 heterocycles. The number of likely N-dealkylation sites (tertiary alicyclic amines) is 1. The summed E-state index contributed by atoms with van der Waals surface area (Å²) in [6, 6.07) is 15.0. The van der Waals surface area contributed by atoms with Crippen LogP contribution in [0, 0.1) is 6.92 Å². The number of benzene rings is 2. The first kappa shape index (κ1) is 22.1. The van der Waals surface area contributed by atoms with Gasteiger partial charge in [-0.25, -0.2) is 0 Å². The van der Waals surface area contributed by atoms with Crippen LogP contribution in [0.1, 0.15) is 28.3 Å². The van der Waals surface area contributed by atoms with Crippen molar-refractivity contribution in [1.82, 2.24) is 9.88 Å². The number of amides is 1. The number of ether oxygens (including phenoxy) is 2. The maximum absolute atomic E-state index is 13.2. The van der Waals surface area contributed by atoms with Gasteiger partial charge in [-0.3, -0.25) is 14.6 Å². The van der Waals surface area contributed by atoms with Gasteiger partial charge < -0.3 is 19.5 Å². The van der Waals surface area contributed by atoms with Crippen molar-refractivity contribution in [3.8, 4) is 11.5 Å². The highest BCUT2D eigenvalue weighted by molar-refractivity contribution is 6.46. The molecule has 0 unspecified atom stereocenters. The van der Waals surface area contributed by atoms with Gasteiger partial charge in [-0.15, -0.1) is 0 Å². The van der Waals surface area contributed by atoms with Gasteiger partial charge in [-0.1, -0.05) is 24.3 Å². The van der Waals surface area contributed by atoms with Crippen molar-refractivity contribution in [2.75, 3.05) is 14.2 Å². The Labute approximate surface area is 191 Å². The minimum atomic E-state index is -0.830. The first-order valence-electron chi connectivity index (χ1n) is 10.4. The summed E-state index contributed by atoms with van der Waals surface area (Å²) in [5.41, 5.74) is 2.60. The van der Waals surface area contributed by atoms with Gasteiger partial charge in [0.15, 0.2) is 0 Å². The molecule has 168 valence electrons. The molecule has 0 aliphatic carbocycles. The molecule has 1 N–H and O–H groups in total. The molecule has 1 aliphatic heterocycles. The molecule has 7 nitrogen and oxygen atoms in total. The summed E-state index contributed by atoms with van der Waals surface area (Å²) in [6.07, 6.45) is 3.28. The van der Waals surface area contributed by atoms with Crippen LogP contribution in [-0.4, -0.2) is 40.9 Å². The minimum absolute atomic E-state index is 0.0120. The number of methoxy groups -OCH3 is 2. The van der Waals surface area contributed by atoms with Gasteiger partial charge >= 0.3 is 0 Å². The van der Waals surface area contributed by atoms with Crippen LogP contribution < -0.4 is 9.47 Å². The molecular weight excluding hydrogens is 420 g/mol. The quantitative estimate of drug-likeness (QED) is 0.351. The smallest absolute Gasteiger partial charge is 0.295 e. The van der Waals surface area contributed by atoms with Crippen molar-refractivity contribution in [2.45, 2.75) is 19.5 Å². The average molecular weight is 444 g/mol. The van der Waals surface area contributed by atoms with Crippen LogP contribution in [0.5, 0.6) is 11.5 Å². The second kappa shape index (κ2) is 9.16. The minimum Gasteiger partial charge on any atom is -0.507 e. The number of rotatable bonds is 6. The number of Topliss-reactive ketones (excluding diaryl/α,β-unsaturated/α-hetero) is 1. The van der Waals surface area contributed by atoms with Gasteiger partial charge in [0.2, 0.25) is 0 Å². The van der Waals surface area contributed by atoms with E-state index in [4.69, 9.17) is 9.47 Å². The normalized spacial score (nSPS) is 17.3. The summed E-state index contributed by atoms with van der Waals surface area (Å²) in [6.45, 7) is 1.99. The standard InChI is InChI=1S/C26H24N2O5/c1-16-13-18(10-11-20(16)32-2)24(29)22-23(19-8-4-5-9-21(19)33-3)28(26(31)25(22)30)15-17-7-6-12-27-14-17/h4-14,23,29H,15H2,1-3H3/t23-/m0/s1. The summed E-state index contributed by atoms with van der Waals surface area (Å²) in [7, 11) is 3.09. The maximum Gasteiger partial charge on any atom is 0.295 e. The van der Waals surface area contributed by atoms with E-state index in [1.54, 1.807) is 62.0 Å². The summed E-state index contributed by atoms with van der Waals surface area (Å²) >= 11 is 0. The number of aromatic nitrogens is 1. The lowest BCUT2D eigenvalue weighted by atomic mass is 9.94. The molecule has 1 aliphatic rings. The molecule has 33 heavy (non-hydrogen) atoms. The van der Waals surface area contributed by atoms with Gasteiger partial charge in [0.25, 0.3) is 11.7 Å². The molecule has 1 saturated heterocycles. The summed E-state index contributed by atoms with van der Waals surface area (Å²) in [5.74, 6) is -0.520. The molecule has 1 fully saturated rings. The largest absolute Gasteiger partial charge is 0.507 e. The van der Waals surface area contributed by atoms with E-state index >= 15 is 0 Å². The zero-order valence-corrected chi connectivity index (χ0v) is 18.6. The molecule has 0 spiro atoms. The van der Waals surface area contributed by atoms with Crippen molar-refractivity contribution < 1.29 is 24.2 Å². The van der Waals surface area contributed by atoms with Crippen LogP contribution in [0.3, 0.4) is 0 Å². The number of aryl methyl sites for hydroxylation is 1. The summed E-state index contributed by atoms with van der Waals surface area (Å²) in [4.78, 5) is 31.9. The van der Waals surface area contributed by atoms with E-state index in [1.165, 1.54) is 12.0 Å². The molecule has 0 saturated carbocycles. The Kier molecular flexibility index (Phi) is 6.13. The highest BCUT2D eigenvalue weighted by Crippen LogP contribution is 2.43. The highest BCUT2D eigenvalue weighted by Gasteiger charge is 2.47. The van der Waals surface area contributed by atoms with Gasteiger partial charge in [-0.2, -0.15) is 0 Å². The van der Waals surface area contributed by atoms with Gasteiger partial charge in [0.1, 0.15) is 17.3 Å². The van der Waals surface area contributed by atoms with Crippen LogP contribution in [-0.2, 0) is 16.1 Å². The molecule has 1 atom stereocenters. The lowest BCUT2D eigenvalue weighted by Crippen LogP contribution is -2.29. The van der Waals surface area contributed by atoms with Gasteiger partial charge in [0, 0.05) is 30.1 Å². The predicted molar refractivity (Wildman–Crippen MR) is 123 cm³/mol. The highest BCUT2D eigenvalue weighted by atomic mass is 16.5. The van der Waals surface area contributed by atoms with E-state index in [-0.39, 0.29) is 17.9 Å². The zero-order valence-electron chi connectivity index (χ0n) is 18.6. The molecule has 7 heteroatoms. The Bertz CT molecular complexity index is 1240. The van der Waals surface area contributed by atoms with Crippen LogP contribution in [0.2, 0.25) is 0 Å². The van der Waals surface area contributed by atoms with Crippen LogP contribution in [0.15, 0.2) is 72.6 Å². The third kappa shape index (κ3) is 4.05. The fourth-order valence-corrected chi connectivity index (χ4v) is 4.13. The van der Waals surface area contributed by atoms with Crippen molar-refractivity contribution >= 4 is 17.4 Å². The molecule has 0 bridgehead atoms. The molecule has 1 aromatic heterocycles. The molecule has 1 amide bonds. The Morgan fingerprint density at radius 3 is 2.45 bits per heavy atom. The summed E-state index contributed by atoms with van der Waals surface area (Å²) in [5, 5.41) is 11.3. The lowest BCUT2D eigenvalue weighted by molar-refractivity contribution is -0.140. The number of hydrogen-bond acceptors (Lipinski definition) is 6. The zero-order chi connectivity index (χ0) is 23.5. The number of carbonyl (C=O) groups is 2. The number of hydrogen-bond donors (Lipinski definition) is 1. The van der Waals surface area contributed by atoms with Crippen LogP contribution in [0.4, 0.5) is 0 Å². The second-order valence-electron chi connectivity index (χ2n) is 7.71. The first-order valence-corrected chi connectivity index (χ1v) is 10.4. The van der Waals surface area contributed by atoms with Crippen molar-refractivity contribution in [3.63, 3.8) is 0 Å². The SMILES string of the molecule is COc1ccc(C(O)=C2C(=O)C(=O)N(Cc3cccnc3)[C@H]2c2ccccc2OC)cc1C. The molecular formula is C26H24N2O5. The van der Waals surface area contributed by atoms with E-state index < -0.39 is 17.7 Å². The van der Waals surface area contributed by atoms with E-state index in [0.29, 0.717) is 22.6 Å². The Balaban J connectivity index is 1.90. The predicted octanol–water partition coefficient (Wildman–Crippen LogP) is 4.03. The Hall–Kier alpha value is -4.13.